The summed E-state index contributed by atoms with van der Waals surface area (Å²) < 4.78 is 1.89. The van der Waals surface area contributed by atoms with Crippen LogP contribution in [0, 0.1) is 6.92 Å². The molecule has 0 aliphatic rings. The van der Waals surface area contributed by atoms with Gasteiger partial charge < -0.3 is 0 Å². The van der Waals surface area contributed by atoms with Crippen LogP contribution in [-0.2, 0) is 29.7 Å². The maximum absolute atomic E-state index is 5.37. The van der Waals surface area contributed by atoms with Crippen LogP contribution < -0.4 is 0 Å². The zero-order chi connectivity index (χ0) is 30.7. The Hall–Kier alpha value is -2.31. The predicted octanol–water partition coefficient (Wildman–Crippen LogP) is 12.6. The molecule has 42 heavy (non-hydrogen) atoms. The van der Waals surface area contributed by atoms with Crippen molar-refractivity contribution in [1.29, 1.82) is 0 Å². The minimum atomic E-state index is -1.76. The standard InChI is InChI=1S/C21H25.C16H13.C2H4.2ClH.Zr/c1-20(2,3)16-7-9-18-14(12-16)11-15-13-17(21(4,5)6)8-10-19(15)18;1-12-10-14-8-5-9-15(16(14)11-12)13-6-3-2-4-7-13;1-2;;;/h7-13H,1-6H3;2-11H,1H3;1H,2H3;2*1H;/q2*-1;;;;+2/p-2. The Morgan fingerprint density at radius 1 is 0.595 bits per heavy atom. The number of hydrogen-bond acceptors (Lipinski definition) is 0. The second kappa shape index (κ2) is 13.6. The first-order chi connectivity index (χ1) is 19.8. The van der Waals surface area contributed by atoms with E-state index in [1.807, 2.05) is 10.6 Å². The maximum atomic E-state index is 5.37. The molecule has 0 unspecified atom stereocenters. The molecule has 0 aliphatic heterocycles. The third kappa shape index (κ3) is 7.99. The van der Waals surface area contributed by atoms with E-state index in [0.717, 1.165) is 0 Å². The maximum Gasteiger partial charge on any atom is -0.0279 e. The van der Waals surface area contributed by atoms with Crippen molar-refractivity contribution in [3.8, 4) is 11.1 Å². The molecule has 0 radical (unpaired) electrons. The molecule has 0 atom stereocenters. The molecule has 218 valence electrons. The Balaban J connectivity index is 0.000000171. The van der Waals surface area contributed by atoms with Crippen LogP contribution in [0.4, 0.5) is 0 Å². The van der Waals surface area contributed by atoms with E-state index >= 15 is 0 Å². The van der Waals surface area contributed by atoms with Crippen LogP contribution >= 0.6 is 17.0 Å². The van der Waals surface area contributed by atoms with Crippen LogP contribution in [0.25, 0.3) is 43.4 Å². The summed E-state index contributed by atoms with van der Waals surface area (Å²) in [7, 11) is 10.7. The predicted molar refractivity (Wildman–Crippen MR) is 188 cm³/mol. The largest absolute Gasteiger partial charge is 0.165 e. The van der Waals surface area contributed by atoms with Crippen molar-refractivity contribution in [3.63, 3.8) is 0 Å². The second-order valence-electron chi connectivity index (χ2n) is 13.0. The molecule has 0 saturated heterocycles. The summed E-state index contributed by atoms with van der Waals surface area (Å²) in [5, 5.41) is 8.16. The number of hydrogen-bond donors (Lipinski definition) is 0. The van der Waals surface area contributed by atoms with E-state index in [0.29, 0.717) is 0 Å². The fourth-order valence-electron chi connectivity index (χ4n) is 5.21. The summed E-state index contributed by atoms with van der Waals surface area (Å²) in [6, 6.07) is 37.7. The zero-order valence-corrected chi connectivity index (χ0v) is 30.1. The van der Waals surface area contributed by atoms with Gasteiger partial charge in [-0.15, -0.1) is 74.3 Å². The summed E-state index contributed by atoms with van der Waals surface area (Å²) in [5.41, 5.74) is 7.16. The van der Waals surface area contributed by atoms with Crippen molar-refractivity contribution in [1.82, 2.24) is 0 Å². The van der Waals surface area contributed by atoms with Crippen molar-refractivity contribution >= 4 is 53.1 Å². The topological polar surface area (TPSA) is 0 Å². The van der Waals surface area contributed by atoms with Gasteiger partial charge in [0.2, 0.25) is 0 Å². The molecule has 6 rings (SSSR count). The Morgan fingerprint density at radius 2 is 1.12 bits per heavy atom. The SMILES string of the molecule is CC(C)(C)c1ccc2c(c1)[cH-]c1cc(C(C)(C)C)ccc12.C[CH]=[Zr]([Cl])[Cl].Cc1cc2c(-c3ccccc3)cccc2[cH-]1. The molecule has 0 aliphatic carbocycles. The second-order valence-corrected chi connectivity index (χ2v) is 21.8. The molecule has 6 aromatic carbocycles. The number of benzene rings is 4. The number of rotatable bonds is 1. The van der Waals surface area contributed by atoms with Crippen molar-refractivity contribution in [3.05, 3.63) is 120 Å². The van der Waals surface area contributed by atoms with Crippen molar-refractivity contribution < 1.29 is 18.9 Å². The van der Waals surface area contributed by atoms with Gasteiger partial charge in [0.05, 0.1) is 0 Å². The van der Waals surface area contributed by atoms with Gasteiger partial charge in [-0.25, -0.2) is 0 Å². The van der Waals surface area contributed by atoms with Crippen molar-refractivity contribution in [2.75, 3.05) is 0 Å². The molecule has 3 heteroatoms. The average Bonchev–Trinajstić information content (AvgIpc) is 3.51. The van der Waals surface area contributed by atoms with Gasteiger partial charge in [-0.05, 0) is 16.4 Å². The van der Waals surface area contributed by atoms with Gasteiger partial charge in [-0.3, -0.25) is 0 Å². The van der Waals surface area contributed by atoms with Gasteiger partial charge >= 0.3 is 46.5 Å². The zero-order valence-electron chi connectivity index (χ0n) is 26.1. The van der Waals surface area contributed by atoms with E-state index in [1.165, 1.54) is 60.1 Å². The van der Waals surface area contributed by atoms with E-state index in [-0.39, 0.29) is 10.8 Å². The molecule has 0 spiro atoms. The van der Waals surface area contributed by atoms with Gasteiger partial charge in [0.25, 0.3) is 0 Å². The fraction of sp³-hybridized carbons (Fsp3) is 0.256. The molecular weight excluding hydrogens is 631 g/mol. The van der Waals surface area contributed by atoms with Crippen LogP contribution in [0.5, 0.6) is 0 Å². The third-order valence-electron chi connectivity index (χ3n) is 7.63. The Bertz CT molecular complexity index is 1750. The van der Waals surface area contributed by atoms with Crippen LogP contribution in [0.1, 0.15) is 65.2 Å². The summed E-state index contributed by atoms with van der Waals surface area (Å²) in [5.74, 6) is 0. The smallest absolute Gasteiger partial charge is 0.0279 e. The molecular formula is C39H42Cl2Zr-2. The first-order valence-electron chi connectivity index (χ1n) is 14.6. The van der Waals surface area contributed by atoms with E-state index in [1.54, 1.807) is 0 Å². The first-order valence-corrected chi connectivity index (χ1v) is 22.4. The molecule has 0 nitrogen and oxygen atoms in total. The molecule has 0 aromatic heterocycles. The normalized spacial score (nSPS) is 11.6. The van der Waals surface area contributed by atoms with E-state index in [4.69, 9.17) is 17.0 Å². The Morgan fingerprint density at radius 3 is 1.60 bits per heavy atom. The summed E-state index contributed by atoms with van der Waals surface area (Å²) >= 11 is -1.76. The van der Waals surface area contributed by atoms with Crippen molar-refractivity contribution in [2.45, 2.75) is 66.2 Å². The number of fused-ring (bicyclic) bond motifs is 4. The van der Waals surface area contributed by atoms with Gasteiger partial charge in [-0.2, -0.15) is 6.07 Å². The fourth-order valence-corrected chi connectivity index (χ4v) is 5.21. The van der Waals surface area contributed by atoms with Crippen LogP contribution in [0.15, 0.2) is 103 Å². The number of halogens is 2. The average molecular weight is 673 g/mol. The summed E-state index contributed by atoms with van der Waals surface area (Å²) in [6.45, 7) is 17.7. The minimum absolute atomic E-state index is 0.203. The minimum Gasteiger partial charge on any atom is -0.165 e. The molecule has 0 heterocycles. The van der Waals surface area contributed by atoms with Crippen molar-refractivity contribution in [2.24, 2.45) is 0 Å². The summed E-state index contributed by atoms with van der Waals surface area (Å²) in [4.78, 5) is 0. The molecule has 0 fully saturated rings. The van der Waals surface area contributed by atoms with Gasteiger partial charge in [0.15, 0.2) is 0 Å². The van der Waals surface area contributed by atoms with Gasteiger partial charge in [0, 0.05) is 0 Å². The van der Waals surface area contributed by atoms with E-state index in [9.17, 15) is 0 Å². The molecule has 0 amide bonds. The molecule has 0 N–H and O–H groups in total. The van der Waals surface area contributed by atoms with Crippen LogP contribution in [0.2, 0.25) is 0 Å². The Labute approximate surface area is 267 Å². The quantitative estimate of drug-likeness (QED) is 0.153. The molecule has 0 saturated carbocycles. The number of aryl methyl sites for hydroxylation is 1. The van der Waals surface area contributed by atoms with E-state index in [2.05, 4.69) is 152 Å². The van der Waals surface area contributed by atoms with Gasteiger partial charge in [-0.1, -0.05) is 126 Å². The van der Waals surface area contributed by atoms with E-state index < -0.39 is 18.9 Å². The molecule has 6 aromatic rings. The molecule has 0 bridgehead atoms. The van der Waals surface area contributed by atoms with Crippen LogP contribution in [-0.4, -0.2) is 3.71 Å². The third-order valence-corrected chi connectivity index (χ3v) is 11.3. The first kappa shape index (κ1) is 32.6. The Kier molecular flexibility index (Phi) is 10.5. The van der Waals surface area contributed by atoms with Gasteiger partial charge in [0.1, 0.15) is 0 Å². The van der Waals surface area contributed by atoms with Crippen LogP contribution in [0.3, 0.4) is 0 Å². The summed E-state index contributed by atoms with van der Waals surface area (Å²) in [6.07, 6.45) is 0. The monoisotopic (exact) mass is 670 g/mol.